The standard InChI is InChI=1S/C23H19N3O3/c1-3-12-15(10-24-17(12)4-2)19-20(23(29)25-22(19)28)16-11-26-9-8-18(27)14-7-5-6-13(16)21(14)26/h3-7,10-11,19-20,24H,1-2,8-9H2,(H,25,28,29)/t19-,20-/m0/s1. The molecule has 0 bridgehead atoms. The Hall–Kier alpha value is -3.67. The molecule has 144 valence electrons. The molecule has 0 radical (unpaired) electrons. The van der Waals surface area contributed by atoms with Crippen LogP contribution in [-0.4, -0.2) is 27.1 Å². The molecule has 4 heterocycles. The first-order valence-corrected chi connectivity index (χ1v) is 9.51. The summed E-state index contributed by atoms with van der Waals surface area (Å²) < 4.78 is 2.02. The number of carbonyl (C=O) groups excluding carboxylic acids is 3. The second-order valence-electron chi connectivity index (χ2n) is 7.44. The van der Waals surface area contributed by atoms with E-state index in [4.69, 9.17) is 0 Å². The van der Waals surface area contributed by atoms with Gasteiger partial charge in [-0.25, -0.2) is 0 Å². The monoisotopic (exact) mass is 385 g/mol. The highest BCUT2D eigenvalue weighted by atomic mass is 16.2. The molecule has 3 aromatic rings. The lowest BCUT2D eigenvalue weighted by atomic mass is 9.82. The molecule has 6 nitrogen and oxygen atoms in total. The summed E-state index contributed by atoms with van der Waals surface area (Å²) in [6, 6.07) is 5.57. The van der Waals surface area contributed by atoms with Crippen LogP contribution in [0.25, 0.3) is 23.1 Å². The van der Waals surface area contributed by atoms with Crippen molar-refractivity contribution < 1.29 is 14.4 Å². The van der Waals surface area contributed by atoms with E-state index >= 15 is 0 Å². The second kappa shape index (κ2) is 6.17. The van der Waals surface area contributed by atoms with Gasteiger partial charge in [-0.1, -0.05) is 31.4 Å². The number of imide groups is 1. The molecule has 2 aliphatic heterocycles. The number of nitrogens with one attached hydrogen (secondary N) is 2. The van der Waals surface area contributed by atoms with Crippen LogP contribution in [0.4, 0.5) is 0 Å². The highest BCUT2D eigenvalue weighted by molar-refractivity contribution is 6.14. The summed E-state index contributed by atoms with van der Waals surface area (Å²) in [5, 5.41) is 3.34. The number of Topliss-reactive ketones (excluding diaryl/α,β-unsaturated/α-hetero) is 1. The molecule has 0 saturated carbocycles. The van der Waals surface area contributed by atoms with Gasteiger partial charge in [0.05, 0.1) is 17.4 Å². The molecule has 2 atom stereocenters. The Kier molecular flexibility index (Phi) is 3.71. The van der Waals surface area contributed by atoms with Crippen LogP contribution in [0.5, 0.6) is 0 Å². The van der Waals surface area contributed by atoms with Crippen molar-refractivity contribution in [2.75, 3.05) is 0 Å². The van der Waals surface area contributed by atoms with Crippen LogP contribution in [0.1, 0.15) is 51.0 Å². The van der Waals surface area contributed by atoms with E-state index in [1.54, 1.807) is 18.3 Å². The maximum atomic E-state index is 12.9. The van der Waals surface area contributed by atoms with Gasteiger partial charge in [-0.2, -0.15) is 0 Å². The fourth-order valence-corrected chi connectivity index (χ4v) is 4.74. The van der Waals surface area contributed by atoms with Gasteiger partial charge in [-0.15, -0.1) is 0 Å². The predicted molar refractivity (Wildman–Crippen MR) is 110 cm³/mol. The quantitative estimate of drug-likeness (QED) is 0.676. The van der Waals surface area contributed by atoms with Crippen LogP contribution in [0.15, 0.2) is 43.8 Å². The lowest BCUT2D eigenvalue weighted by Crippen LogP contribution is -2.21. The Morgan fingerprint density at radius 3 is 2.52 bits per heavy atom. The van der Waals surface area contributed by atoms with E-state index < -0.39 is 11.8 Å². The van der Waals surface area contributed by atoms with E-state index in [0.29, 0.717) is 24.1 Å². The van der Waals surface area contributed by atoms with Gasteiger partial charge in [0.25, 0.3) is 0 Å². The van der Waals surface area contributed by atoms with Crippen LogP contribution in [0.3, 0.4) is 0 Å². The lowest BCUT2D eigenvalue weighted by Gasteiger charge is -2.15. The van der Waals surface area contributed by atoms with Gasteiger partial charge in [0.1, 0.15) is 0 Å². The van der Waals surface area contributed by atoms with Crippen LogP contribution >= 0.6 is 0 Å². The largest absolute Gasteiger partial charge is 0.361 e. The van der Waals surface area contributed by atoms with Crippen LogP contribution < -0.4 is 5.32 Å². The molecular formula is C23H19N3O3. The smallest absolute Gasteiger partial charge is 0.235 e. The van der Waals surface area contributed by atoms with Crippen molar-refractivity contribution in [1.82, 2.24) is 14.9 Å². The van der Waals surface area contributed by atoms with Gasteiger partial charge in [0.2, 0.25) is 11.8 Å². The first-order chi connectivity index (χ1) is 14.0. The van der Waals surface area contributed by atoms with Crippen LogP contribution in [0.2, 0.25) is 0 Å². The average Bonchev–Trinajstić information content (AvgIpc) is 3.37. The Balaban J connectivity index is 1.73. The first-order valence-electron chi connectivity index (χ1n) is 9.51. The van der Waals surface area contributed by atoms with Crippen molar-refractivity contribution in [1.29, 1.82) is 0 Å². The number of H-pyrrole nitrogens is 1. The zero-order valence-electron chi connectivity index (χ0n) is 15.7. The van der Waals surface area contributed by atoms with Crippen molar-refractivity contribution in [3.05, 3.63) is 71.7 Å². The van der Waals surface area contributed by atoms with Gasteiger partial charge in [-0.3, -0.25) is 19.7 Å². The summed E-state index contributed by atoms with van der Waals surface area (Å²) in [5.41, 5.74) is 4.52. The van der Waals surface area contributed by atoms with E-state index in [2.05, 4.69) is 23.5 Å². The minimum Gasteiger partial charge on any atom is -0.361 e. The number of para-hydroxylation sites is 1. The van der Waals surface area contributed by atoms with Crippen LogP contribution in [0, 0.1) is 0 Å². The number of hydrogen-bond donors (Lipinski definition) is 2. The summed E-state index contributed by atoms with van der Waals surface area (Å²) in [7, 11) is 0. The lowest BCUT2D eigenvalue weighted by molar-refractivity contribution is -0.125. The third-order valence-corrected chi connectivity index (χ3v) is 6.02. The minimum atomic E-state index is -0.681. The Morgan fingerprint density at radius 2 is 1.79 bits per heavy atom. The van der Waals surface area contributed by atoms with Gasteiger partial charge < -0.3 is 9.55 Å². The highest BCUT2D eigenvalue weighted by Crippen LogP contribution is 2.44. The maximum Gasteiger partial charge on any atom is 0.235 e. The number of amides is 2. The average molecular weight is 385 g/mol. The molecule has 2 amide bonds. The Labute approximate surface area is 166 Å². The molecule has 1 saturated heterocycles. The molecule has 6 heteroatoms. The van der Waals surface area contributed by atoms with E-state index in [0.717, 1.165) is 27.7 Å². The number of ketones is 1. The number of aryl methyl sites for hydroxylation is 1. The molecule has 29 heavy (non-hydrogen) atoms. The Morgan fingerprint density at radius 1 is 1.03 bits per heavy atom. The van der Waals surface area contributed by atoms with Gasteiger partial charge >= 0.3 is 0 Å². The molecule has 0 aliphatic carbocycles. The fourth-order valence-electron chi connectivity index (χ4n) is 4.74. The summed E-state index contributed by atoms with van der Waals surface area (Å²) in [6.07, 6.45) is 7.43. The summed E-state index contributed by atoms with van der Waals surface area (Å²) in [4.78, 5) is 41.2. The third kappa shape index (κ3) is 2.32. The van der Waals surface area contributed by atoms with Crippen molar-refractivity contribution in [3.63, 3.8) is 0 Å². The number of rotatable bonds is 4. The molecule has 2 N–H and O–H groups in total. The van der Waals surface area contributed by atoms with Crippen molar-refractivity contribution >= 4 is 40.7 Å². The third-order valence-electron chi connectivity index (χ3n) is 6.02. The van der Waals surface area contributed by atoms with Gasteiger partial charge in [0, 0.05) is 47.6 Å². The molecule has 5 rings (SSSR count). The number of carbonyl (C=O) groups is 3. The van der Waals surface area contributed by atoms with E-state index in [-0.39, 0.29) is 17.6 Å². The number of aromatic nitrogens is 2. The predicted octanol–water partition coefficient (Wildman–Crippen LogP) is 3.37. The second-order valence-corrected chi connectivity index (χ2v) is 7.44. The minimum absolute atomic E-state index is 0.103. The van der Waals surface area contributed by atoms with E-state index in [9.17, 15) is 14.4 Å². The number of nitrogens with zero attached hydrogens (tertiary/aromatic N) is 1. The van der Waals surface area contributed by atoms with Crippen molar-refractivity contribution in [2.24, 2.45) is 0 Å². The summed E-state index contributed by atoms with van der Waals surface area (Å²) >= 11 is 0. The molecular weight excluding hydrogens is 366 g/mol. The molecule has 0 spiro atoms. The van der Waals surface area contributed by atoms with Crippen LogP contribution in [-0.2, 0) is 16.1 Å². The maximum absolute atomic E-state index is 12.9. The normalized spacial score (nSPS) is 20.9. The molecule has 0 unspecified atom stereocenters. The molecule has 1 aromatic carbocycles. The van der Waals surface area contributed by atoms with E-state index in [1.165, 1.54) is 0 Å². The van der Waals surface area contributed by atoms with Crippen molar-refractivity contribution in [2.45, 2.75) is 24.8 Å². The zero-order valence-corrected chi connectivity index (χ0v) is 15.7. The topological polar surface area (TPSA) is 84.0 Å². The molecule has 2 aromatic heterocycles. The number of benzene rings is 1. The van der Waals surface area contributed by atoms with Gasteiger partial charge in [-0.05, 0) is 23.3 Å². The fraction of sp³-hybridized carbons (Fsp3) is 0.174. The van der Waals surface area contributed by atoms with E-state index in [1.807, 2.05) is 29.0 Å². The number of hydrogen-bond acceptors (Lipinski definition) is 3. The Bertz CT molecular complexity index is 1240. The molecule has 2 aliphatic rings. The highest BCUT2D eigenvalue weighted by Gasteiger charge is 2.46. The summed E-state index contributed by atoms with van der Waals surface area (Å²) in [5.74, 6) is -1.92. The van der Waals surface area contributed by atoms with Crippen molar-refractivity contribution in [3.8, 4) is 0 Å². The van der Waals surface area contributed by atoms with Gasteiger partial charge in [0.15, 0.2) is 5.78 Å². The SMILES string of the molecule is C=Cc1[nH]cc([C@@H]2C(=O)NC(=O)[C@H]2c2cn3c4c(cccc24)C(=O)CC3)c1C=C. The first kappa shape index (κ1) is 17.4. The number of aromatic amines is 1. The zero-order chi connectivity index (χ0) is 20.3. The summed E-state index contributed by atoms with van der Waals surface area (Å²) in [6.45, 7) is 8.21. The molecule has 1 fully saturated rings.